The molecule has 0 saturated carbocycles. The van der Waals surface area contributed by atoms with Gasteiger partial charge in [-0.25, -0.2) is 4.79 Å². The van der Waals surface area contributed by atoms with Crippen molar-refractivity contribution >= 4 is 5.97 Å². The van der Waals surface area contributed by atoms with Crippen LogP contribution in [0.5, 0.6) is 5.75 Å². The Balaban J connectivity index is 2.52. The number of aromatic nitrogens is 2. The summed E-state index contributed by atoms with van der Waals surface area (Å²) in [6, 6.07) is 4.87. The van der Waals surface area contributed by atoms with Crippen LogP contribution in [0.1, 0.15) is 10.4 Å². The van der Waals surface area contributed by atoms with Gasteiger partial charge in [0.25, 0.3) is 0 Å². The fraction of sp³-hybridized carbons (Fsp3) is 0. The Kier molecular flexibility index (Phi) is 2.13. The second-order valence-electron chi connectivity index (χ2n) is 2.98. The number of carboxylic acid groups (broad SMARTS) is 1. The zero-order valence-corrected chi connectivity index (χ0v) is 7.64. The summed E-state index contributed by atoms with van der Waals surface area (Å²) in [4.78, 5) is 17.6. The average Bonchev–Trinajstić information content (AvgIpc) is 2.71. The number of nitrogens with zero attached hydrogens (tertiary/aromatic N) is 1. The highest BCUT2D eigenvalue weighted by atomic mass is 16.4. The Morgan fingerprint density at radius 2 is 2.27 bits per heavy atom. The Hall–Kier alpha value is -2.30. The summed E-state index contributed by atoms with van der Waals surface area (Å²) < 4.78 is 0. The Labute approximate surface area is 85.0 Å². The molecular formula is C10H8N2O3. The maximum atomic E-state index is 10.7. The second kappa shape index (κ2) is 3.45. The van der Waals surface area contributed by atoms with E-state index in [1.807, 2.05) is 0 Å². The number of carbonyl (C=O) groups is 1. The normalized spacial score (nSPS) is 10.1. The van der Waals surface area contributed by atoms with Crippen molar-refractivity contribution in [2.45, 2.75) is 0 Å². The molecule has 76 valence electrons. The van der Waals surface area contributed by atoms with Gasteiger partial charge in [0.15, 0.2) is 0 Å². The number of hydrogen-bond acceptors (Lipinski definition) is 3. The lowest BCUT2D eigenvalue weighted by atomic mass is 10.2. The van der Waals surface area contributed by atoms with Crippen molar-refractivity contribution in [3.8, 4) is 17.1 Å². The van der Waals surface area contributed by atoms with Gasteiger partial charge in [-0.2, -0.15) is 0 Å². The standard InChI is InChI=1S/C10H8N2O3/c13-9-5-12-8(4-6(9)10(14)15)7-2-1-3-11-7/h1-5,11,13H,(H,14,15). The van der Waals surface area contributed by atoms with Crippen LogP contribution in [-0.4, -0.2) is 26.2 Å². The largest absolute Gasteiger partial charge is 0.505 e. The molecule has 5 heteroatoms. The van der Waals surface area contributed by atoms with Crippen molar-refractivity contribution in [2.24, 2.45) is 0 Å². The molecule has 15 heavy (non-hydrogen) atoms. The van der Waals surface area contributed by atoms with Crippen LogP contribution in [0, 0.1) is 0 Å². The summed E-state index contributed by atoms with van der Waals surface area (Å²) in [6.07, 6.45) is 2.84. The van der Waals surface area contributed by atoms with E-state index in [2.05, 4.69) is 9.97 Å². The zero-order chi connectivity index (χ0) is 10.8. The molecule has 0 fully saturated rings. The molecule has 0 spiro atoms. The zero-order valence-electron chi connectivity index (χ0n) is 7.64. The van der Waals surface area contributed by atoms with Crippen LogP contribution < -0.4 is 0 Å². The van der Waals surface area contributed by atoms with Gasteiger partial charge in [-0.3, -0.25) is 4.98 Å². The minimum absolute atomic E-state index is 0.158. The quantitative estimate of drug-likeness (QED) is 0.691. The number of aromatic amines is 1. The molecule has 5 nitrogen and oxygen atoms in total. The Bertz CT molecular complexity index is 491. The Morgan fingerprint density at radius 1 is 1.47 bits per heavy atom. The summed E-state index contributed by atoms with van der Waals surface area (Å²) in [5, 5.41) is 18.0. The summed E-state index contributed by atoms with van der Waals surface area (Å²) in [6.45, 7) is 0. The maximum absolute atomic E-state index is 10.7. The predicted molar refractivity (Wildman–Crippen MR) is 52.6 cm³/mol. The number of aromatic hydroxyl groups is 1. The maximum Gasteiger partial charge on any atom is 0.339 e. The lowest BCUT2D eigenvalue weighted by Gasteiger charge is -2.01. The van der Waals surface area contributed by atoms with Crippen LogP contribution in [0.2, 0.25) is 0 Å². The highest BCUT2D eigenvalue weighted by molar-refractivity contribution is 5.91. The van der Waals surface area contributed by atoms with Crippen LogP contribution in [0.3, 0.4) is 0 Å². The Morgan fingerprint density at radius 3 is 2.87 bits per heavy atom. The first-order valence-corrected chi connectivity index (χ1v) is 4.24. The molecule has 0 bridgehead atoms. The molecule has 0 aliphatic carbocycles. The summed E-state index contributed by atoms with van der Waals surface area (Å²) in [5.74, 6) is -1.51. The van der Waals surface area contributed by atoms with Gasteiger partial charge in [0.1, 0.15) is 11.3 Å². The molecule has 2 aromatic heterocycles. The molecule has 0 saturated heterocycles. The van der Waals surface area contributed by atoms with E-state index in [1.165, 1.54) is 6.07 Å². The van der Waals surface area contributed by atoms with Crippen molar-refractivity contribution in [1.29, 1.82) is 0 Å². The molecular weight excluding hydrogens is 196 g/mol. The van der Waals surface area contributed by atoms with Gasteiger partial charge < -0.3 is 15.2 Å². The van der Waals surface area contributed by atoms with Crippen molar-refractivity contribution in [1.82, 2.24) is 9.97 Å². The predicted octanol–water partition coefficient (Wildman–Crippen LogP) is 1.48. The van der Waals surface area contributed by atoms with Crippen molar-refractivity contribution < 1.29 is 15.0 Å². The summed E-state index contributed by atoms with van der Waals surface area (Å²) >= 11 is 0. The number of hydrogen-bond donors (Lipinski definition) is 3. The first-order chi connectivity index (χ1) is 7.18. The molecule has 0 aromatic carbocycles. The number of carboxylic acids is 1. The van der Waals surface area contributed by atoms with Crippen LogP contribution >= 0.6 is 0 Å². The van der Waals surface area contributed by atoms with E-state index in [0.717, 1.165) is 6.20 Å². The van der Waals surface area contributed by atoms with Crippen LogP contribution in [-0.2, 0) is 0 Å². The van der Waals surface area contributed by atoms with Crippen molar-refractivity contribution in [3.05, 3.63) is 36.2 Å². The van der Waals surface area contributed by atoms with Gasteiger partial charge in [-0.1, -0.05) is 0 Å². The van der Waals surface area contributed by atoms with Crippen molar-refractivity contribution in [2.75, 3.05) is 0 Å². The van der Waals surface area contributed by atoms with E-state index >= 15 is 0 Å². The number of rotatable bonds is 2. The first kappa shape index (κ1) is 9.26. The molecule has 0 aliphatic rings. The second-order valence-corrected chi connectivity index (χ2v) is 2.98. The first-order valence-electron chi connectivity index (χ1n) is 4.24. The SMILES string of the molecule is O=C(O)c1cc(-c2ccc[nH]2)ncc1O. The molecule has 0 unspecified atom stereocenters. The molecule has 0 aliphatic heterocycles. The van der Waals surface area contributed by atoms with E-state index in [4.69, 9.17) is 5.11 Å². The third-order valence-corrected chi connectivity index (χ3v) is 1.99. The van der Waals surface area contributed by atoms with Crippen LogP contribution in [0.25, 0.3) is 11.4 Å². The van der Waals surface area contributed by atoms with E-state index in [-0.39, 0.29) is 11.3 Å². The van der Waals surface area contributed by atoms with Gasteiger partial charge in [0, 0.05) is 6.20 Å². The van der Waals surface area contributed by atoms with Crippen LogP contribution in [0.4, 0.5) is 0 Å². The average molecular weight is 204 g/mol. The molecule has 2 heterocycles. The third kappa shape index (κ3) is 1.67. The van der Waals surface area contributed by atoms with Gasteiger partial charge in [-0.15, -0.1) is 0 Å². The third-order valence-electron chi connectivity index (χ3n) is 1.99. The molecule has 0 amide bonds. The summed E-state index contributed by atoms with van der Waals surface area (Å²) in [5.41, 5.74) is 1.03. The van der Waals surface area contributed by atoms with Crippen molar-refractivity contribution in [3.63, 3.8) is 0 Å². The lowest BCUT2D eigenvalue weighted by Crippen LogP contribution is -1.98. The number of nitrogens with one attached hydrogen (secondary N) is 1. The fourth-order valence-corrected chi connectivity index (χ4v) is 1.26. The molecule has 2 aromatic rings. The van der Waals surface area contributed by atoms with E-state index < -0.39 is 5.97 Å². The van der Waals surface area contributed by atoms with Gasteiger partial charge >= 0.3 is 5.97 Å². The van der Waals surface area contributed by atoms with E-state index in [9.17, 15) is 9.90 Å². The lowest BCUT2D eigenvalue weighted by molar-refractivity contribution is 0.0693. The van der Waals surface area contributed by atoms with Gasteiger partial charge in [0.05, 0.1) is 17.6 Å². The number of H-pyrrole nitrogens is 1. The molecule has 0 radical (unpaired) electrons. The fourth-order valence-electron chi connectivity index (χ4n) is 1.26. The van der Waals surface area contributed by atoms with Crippen LogP contribution in [0.15, 0.2) is 30.6 Å². The monoisotopic (exact) mass is 204 g/mol. The topological polar surface area (TPSA) is 86.2 Å². The number of pyridine rings is 1. The minimum Gasteiger partial charge on any atom is -0.505 e. The number of aromatic carboxylic acids is 1. The van der Waals surface area contributed by atoms with E-state index in [0.29, 0.717) is 11.4 Å². The molecule has 3 N–H and O–H groups in total. The van der Waals surface area contributed by atoms with E-state index in [1.54, 1.807) is 18.3 Å². The van der Waals surface area contributed by atoms with Gasteiger partial charge in [0.2, 0.25) is 0 Å². The smallest absolute Gasteiger partial charge is 0.339 e. The molecule has 2 rings (SSSR count). The summed E-state index contributed by atoms with van der Waals surface area (Å²) in [7, 11) is 0. The highest BCUT2D eigenvalue weighted by Gasteiger charge is 2.12. The highest BCUT2D eigenvalue weighted by Crippen LogP contribution is 2.21. The van der Waals surface area contributed by atoms with Gasteiger partial charge in [-0.05, 0) is 18.2 Å². The minimum atomic E-state index is -1.18. The molecule has 0 atom stereocenters.